The Morgan fingerprint density at radius 1 is 0.364 bits per heavy atom. The van der Waals surface area contributed by atoms with Crippen molar-refractivity contribution >= 4 is 0 Å². The fourth-order valence-corrected chi connectivity index (χ4v) is 1.18. The Balaban J connectivity index is 0.000000147. The molecule has 2 N–H and O–H groups in total. The minimum atomic E-state index is 1.75. The maximum absolute atomic E-state index is 3.78. The summed E-state index contributed by atoms with van der Waals surface area (Å²) in [4.78, 5) is 13.3. The molecule has 0 aliphatic heterocycles. The molecule has 0 amide bonds. The monoisotopic (exact) mass is 292 g/mol. The molecule has 4 aromatic rings. The molecule has 0 aliphatic carbocycles. The Labute approximate surface area is 130 Å². The molecule has 0 atom stereocenters. The van der Waals surface area contributed by atoms with Crippen molar-refractivity contribution in [2.45, 2.75) is 0 Å². The Kier molecular flexibility index (Phi) is 11.0. The van der Waals surface area contributed by atoms with Crippen LogP contribution in [0.1, 0.15) is 0 Å². The van der Waals surface area contributed by atoms with Crippen molar-refractivity contribution in [3.05, 3.63) is 110 Å². The smallest absolute Gasteiger partial charge is 0.0267 e. The highest BCUT2D eigenvalue weighted by Gasteiger charge is 1.59. The third kappa shape index (κ3) is 11.9. The Morgan fingerprint density at radius 2 is 0.682 bits per heavy atom. The predicted octanol–water partition coefficient (Wildman–Crippen LogP) is 4.19. The number of aromatic nitrogens is 4. The average molecular weight is 292 g/mol. The highest BCUT2D eigenvalue weighted by Crippen LogP contribution is 1.74. The SMILES string of the molecule is c1cc[nH]c1.c1cc[nH]c1.c1ccncc1.c1ccncc1. The normalized spacial score (nSPS) is 8.00. The van der Waals surface area contributed by atoms with E-state index in [1.807, 2.05) is 85.5 Å². The predicted molar refractivity (Wildman–Crippen MR) is 90.1 cm³/mol. The molecule has 4 nitrogen and oxygen atoms in total. The van der Waals surface area contributed by atoms with Crippen LogP contribution >= 0.6 is 0 Å². The van der Waals surface area contributed by atoms with E-state index >= 15 is 0 Å². The third-order valence-corrected chi connectivity index (χ3v) is 2.12. The molecule has 112 valence electrons. The van der Waals surface area contributed by atoms with Gasteiger partial charge < -0.3 is 9.97 Å². The molecule has 0 spiro atoms. The summed E-state index contributed by atoms with van der Waals surface area (Å²) < 4.78 is 0. The van der Waals surface area contributed by atoms with Crippen LogP contribution in [0, 0.1) is 0 Å². The molecule has 0 saturated heterocycles. The quantitative estimate of drug-likeness (QED) is 0.510. The van der Waals surface area contributed by atoms with Gasteiger partial charge >= 0.3 is 0 Å². The molecule has 4 heteroatoms. The van der Waals surface area contributed by atoms with Crippen LogP contribution in [0.4, 0.5) is 0 Å². The van der Waals surface area contributed by atoms with Crippen LogP contribution < -0.4 is 0 Å². The second kappa shape index (κ2) is 14.3. The molecule has 0 saturated carbocycles. The summed E-state index contributed by atoms with van der Waals surface area (Å²) in [6.45, 7) is 0. The number of hydrogen-bond donors (Lipinski definition) is 2. The number of hydrogen-bond acceptors (Lipinski definition) is 2. The Bertz CT molecular complexity index is 445. The summed E-state index contributed by atoms with van der Waals surface area (Å²) in [6, 6.07) is 19.2. The molecular formula is C18H20N4. The lowest BCUT2D eigenvalue weighted by Gasteiger charge is -1.70. The Morgan fingerprint density at radius 3 is 0.773 bits per heavy atom. The van der Waals surface area contributed by atoms with Gasteiger partial charge in [0, 0.05) is 49.6 Å². The first-order valence-corrected chi connectivity index (χ1v) is 6.85. The van der Waals surface area contributed by atoms with E-state index in [9.17, 15) is 0 Å². The largest absolute Gasteiger partial charge is 0.368 e. The highest BCUT2D eigenvalue weighted by molar-refractivity contribution is 4.89. The van der Waals surface area contributed by atoms with Gasteiger partial charge in [-0.1, -0.05) is 12.1 Å². The molecule has 0 aliphatic rings. The molecule has 4 rings (SSSR count). The number of nitrogens with one attached hydrogen (secondary N) is 2. The molecule has 4 aromatic heterocycles. The number of pyridine rings is 2. The van der Waals surface area contributed by atoms with Crippen LogP contribution in [0.2, 0.25) is 0 Å². The zero-order chi connectivity index (χ0) is 15.6. The van der Waals surface area contributed by atoms with Gasteiger partial charge in [0.05, 0.1) is 0 Å². The zero-order valence-electron chi connectivity index (χ0n) is 12.3. The van der Waals surface area contributed by atoms with Crippen molar-refractivity contribution in [3.8, 4) is 0 Å². The second-order valence-corrected chi connectivity index (χ2v) is 3.82. The zero-order valence-corrected chi connectivity index (χ0v) is 12.3. The van der Waals surface area contributed by atoms with Crippen molar-refractivity contribution in [2.75, 3.05) is 0 Å². The third-order valence-electron chi connectivity index (χ3n) is 2.12. The maximum Gasteiger partial charge on any atom is 0.0267 e. The van der Waals surface area contributed by atoms with E-state index in [0.717, 1.165) is 0 Å². The van der Waals surface area contributed by atoms with Gasteiger partial charge in [0.25, 0.3) is 0 Å². The first-order valence-electron chi connectivity index (χ1n) is 6.85. The average Bonchev–Trinajstić information content (AvgIpc) is 3.37. The highest BCUT2D eigenvalue weighted by atomic mass is 14.6. The minimum absolute atomic E-state index is 1.75. The lowest BCUT2D eigenvalue weighted by atomic mass is 10.5. The summed E-state index contributed by atoms with van der Waals surface area (Å²) >= 11 is 0. The molecule has 22 heavy (non-hydrogen) atoms. The molecule has 0 radical (unpaired) electrons. The van der Waals surface area contributed by atoms with Crippen LogP contribution in [0.5, 0.6) is 0 Å². The molecular weight excluding hydrogens is 272 g/mol. The van der Waals surface area contributed by atoms with E-state index in [2.05, 4.69) is 19.9 Å². The number of H-pyrrole nitrogens is 2. The summed E-state index contributed by atoms with van der Waals surface area (Å²) in [5, 5.41) is 0. The fourth-order valence-electron chi connectivity index (χ4n) is 1.18. The lowest BCUT2D eigenvalue weighted by Crippen LogP contribution is -1.58. The van der Waals surface area contributed by atoms with Crippen LogP contribution in [0.15, 0.2) is 110 Å². The van der Waals surface area contributed by atoms with Crippen LogP contribution in [-0.4, -0.2) is 19.9 Å². The van der Waals surface area contributed by atoms with Gasteiger partial charge in [-0.3, -0.25) is 9.97 Å². The Hall–Kier alpha value is -3.14. The van der Waals surface area contributed by atoms with Gasteiger partial charge in [-0.05, 0) is 48.5 Å². The first-order chi connectivity index (χ1) is 11.0. The van der Waals surface area contributed by atoms with Crippen molar-refractivity contribution in [2.24, 2.45) is 0 Å². The number of aromatic amines is 2. The van der Waals surface area contributed by atoms with Crippen molar-refractivity contribution in [1.29, 1.82) is 0 Å². The van der Waals surface area contributed by atoms with Gasteiger partial charge in [0.2, 0.25) is 0 Å². The molecule has 0 aromatic carbocycles. The summed E-state index contributed by atoms with van der Waals surface area (Å²) in [7, 11) is 0. The molecule has 4 heterocycles. The topological polar surface area (TPSA) is 57.4 Å². The standard InChI is InChI=1S/2C5H5N.2C4H5N/c2*1-2-4-6-5-3-1;2*1-2-4-5-3-1/h2*1-5H;2*1-5H. The van der Waals surface area contributed by atoms with Crippen LogP contribution in [-0.2, 0) is 0 Å². The van der Waals surface area contributed by atoms with Gasteiger partial charge in [-0.15, -0.1) is 0 Å². The van der Waals surface area contributed by atoms with Crippen LogP contribution in [0.25, 0.3) is 0 Å². The van der Waals surface area contributed by atoms with E-state index in [0.29, 0.717) is 0 Å². The lowest BCUT2D eigenvalue weighted by molar-refractivity contribution is 1.33. The van der Waals surface area contributed by atoms with E-state index in [1.165, 1.54) is 0 Å². The molecule has 0 unspecified atom stereocenters. The fraction of sp³-hybridized carbons (Fsp3) is 0. The van der Waals surface area contributed by atoms with Gasteiger partial charge in [-0.25, -0.2) is 0 Å². The minimum Gasteiger partial charge on any atom is -0.368 e. The van der Waals surface area contributed by atoms with Crippen molar-refractivity contribution in [3.63, 3.8) is 0 Å². The van der Waals surface area contributed by atoms with Gasteiger partial charge in [-0.2, -0.15) is 0 Å². The van der Waals surface area contributed by atoms with Crippen LogP contribution in [0.3, 0.4) is 0 Å². The van der Waals surface area contributed by atoms with Gasteiger partial charge in [0.1, 0.15) is 0 Å². The van der Waals surface area contributed by atoms with E-state index in [1.54, 1.807) is 24.8 Å². The number of rotatable bonds is 0. The first kappa shape index (κ1) is 16.9. The summed E-state index contributed by atoms with van der Waals surface area (Å²) in [6.07, 6.45) is 14.5. The summed E-state index contributed by atoms with van der Waals surface area (Å²) in [5.74, 6) is 0. The molecule has 0 fully saturated rings. The number of nitrogens with zero attached hydrogens (tertiary/aromatic N) is 2. The van der Waals surface area contributed by atoms with E-state index < -0.39 is 0 Å². The summed E-state index contributed by atoms with van der Waals surface area (Å²) in [5.41, 5.74) is 0. The van der Waals surface area contributed by atoms with Crippen molar-refractivity contribution in [1.82, 2.24) is 19.9 Å². The van der Waals surface area contributed by atoms with Gasteiger partial charge in [0.15, 0.2) is 0 Å². The maximum atomic E-state index is 3.78. The second-order valence-electron chi connectivity index (χ2n) is 3.82. The van der Waals surface area contributed by atoms with E-state index in [4.69, 9.17) is 0 Å². The van der Waals surface area contributed by atoms with E-state index in [-0.39, 0.29) is 0 Å². The molecule has 0 bridgehead atoms. The van der Waals surface area contributed by atoms with Crippen molar-refractivity contribution < 1.29 is 0 Å².